The summed E-state index contributed by atoms with van der Waals surface area (Å²) in [5, 5.41) is 0. The average Bonchev–Trinajstić information content (AvgIpc) is 3.09. The van der Waals surface area contributed by atoms with Crippen LogP contribution in [-0.4, -0.2) is 75.6 Å². The molecule has 9 heteroatoms. The number of ether oxygens (including phenoxy) is 2. The molecule has 52 heavy (non-hydrogen) atoms. The number of carbonyl (C=O) groups is 1. The first kappa shape index (κ1) is 49.9. The number of nitrogens with zero attached hydrogens (tertiary/aromatic N) is 1. The Balaban J connectivity index is 4.39. The van der Waals surface area contributed by atoms with Gasteiger partial charge in [-0.3, -0.25) is 13.8 Å². The van der Waals surface area contributed by atoms with Gasteiger partial charge in [-0.25, -0.2) is 4.57 Å². The van der Waals surface area contributed by atoms with Crippen molar-refractivity contribution in [3.63, 3.8) is 0 Å². The minimum absolute atomic E-state index is 0.0748. The standard InChI is InChI=1S/C43H76NO7P/c1-6-8-10-12-14-16-18-20-21-22-23-24-25-27-29-31-33-35-38-48-40-42(41-50-52(46,47)49-39-37-44(3,4)5)51-43(45)36-34-32-30-28-26-19-17-15-13-11-9-7-2/h8,10,14-17,20-21,23-24,27,29,42H,6-7,9,11-13,18-19,22,25-26,28,30-41H2,1-5H3/p+1/b10-8-,16-14-,17-15-,21-20-,24-23-,29-27-. The van der Waals surface area contributed by atoms with Gasteiger partial charge in [-0.15, -0.1) is 0 Å². The Hall–Kier alpha value is -2.06. The van der Waals surface area contributed by atoms with Gasteiger partial charge in [0.2, 0.25) is 0 Å². The van der Waals surface area contributed by atoms with Crippen LogP contribution in [0.1, 0.15) is 136 Å². The van der Waals surface area contributed by atoms with Crippen LogP contribution in [0, 0.1) is 0 Å². The van der Waals surface area contributed by atoms with Crippen LogP contribution < -0.4 is 0 Å². The molecule has 0 aliphatic heterocycles. The molecule has 0 saturated heterocycles. The third-order valence-electron chi connectivity index (χ3n) is 8.00. The number of phosphoric ester groups is 1. The predicted octanol–water partition coefficient (Wildman–Crippen LogP) is 11.5. The Labute approximate surface area is 319 Å². The first-order chi connectivity index (χ1) is 25.1. The molecule has 0 aromatic carbocycles. The summed E-state index contributed by atoms with van der Waals surface area (Å²) in [6, 6.07) is 0. The van der Waals surface area contributed by atoms with Gasteiger partial charge in [0.15, 0.2) is 0 Å². The SMILES string of the molecule is CC/C=C\C/C=C\C/C=C\C/C=C\C/C=C\CCCCOCC(COP(=O)(O)OCC[N+](C)(C)C)OC(=O)CCCCCCC/C=C\CCCCC. The van der Waals surface area contributed by atoms with Crippen LogP contribution >= 0.6 is 7.82 Å². The maximum absolute atomic E-state index is 12.6. The van der Waals surface area contributed by atoms with E-state index >= 15 is 0 Å². The van der Waals surface area contributed by atoms with E-state index in [1.165, 1.54) is 32.1 Å². The summed E-state index contributed by atoms with van der Waals surface area (Å²) in [7, 11) is 1.62. The zero-order valence-corrected chi connectivity index (χ0v) is 34.7. The number of quaternary nitrogens is 1. The molecule has 1 N–H and O–H groups in total. The zero-order chi connectivity index (χ0) is 38.4. The van der Waals surface area contributed by atoms with E-state index in [2.05, 4.69) is 86.8 Å². The lowest BCUT2D eigenvalue weighted by Gasteiger charge is -2.24. The van der Waals surface area contributed by atoms with Crippen molar-refractivity contribution in [1.82, 2.24) is 0 Å². The molecule has 0 saturated carbocycles. The van der Waals surface area contributed by atoms with Gasteiger partial charge in [-0.1, -0.05) is 119 Å². The van der Waals surface area contributed by atoms with Gasteiger partial charge >= 0.3 is 13.8 Å². The second-order valence-electron chi connectivity index (χ2n) is 14.3. The number of phosphoric acid groups is 1. The van der Waals surface area contributed by atoms with Gasteiger partial charge in [0.05, 0.1) is 34.4 Å². The van der Waals surface area contributed by atoms with E-state index in [9.17, 15) is 14.3 Å². The van der Waals surface area contributed by atoms with Crippen molar-refractivity contribution in [3.8, 4) is 0 Å². The fourth-order valence-corrected chi connectivity index (χ4v) is 5.61. The van der Waals surface area contributed by atoms with Crippen molar-refractivity contribution in [2.45, 2.75) is 142 Å². The number of hydrogen-bond acceptors (Lipinski definition) is 6. The molecule has 0 radical (unpaired) electrons. The second kappa shape index (κ2) is 35.9. The highest BCUT2D eigenvalue weighted by Crippen LogP contribution is 2.43. The summed E-state index contributed by atoms with van der Waals surface area (Å²) >= 11 is 0. The Kier molecular flexibility index (Phi) is 34.5. The molecule has 0 amide bonds. The Morgan fingerprint density at radius 2 is 1.12 bits per heavy atom. The van der Waals surface area contributed by atoms with E-state index < -0.39 is 13.9 Å². The van der Waals surface area contributed by atoms with Crippen LogP contribution in [0.4, 0.5) is 0 Å². The van der Waals surface area contributed by atoms with Crippen molar-refractivity contribution >= 4 is 13.8 Å². The van der Waals surface area contributed by atoms with Crippen LogP contribution in [0.25, 0.3) is 0 Å². The van der Waals surface area contributed by atoms with Crippen molar-refractivity contribution in [2.75, 3.05) is 54.1 Å². The summed E-state index contributed by atoms with van der Waals surface area (Å²) < 4.78 is 34.8. The molecule has 0 aliphatic carbocycles. The molecule has 0 aromatic heterocycles. The lowest BCUT2D eigenvalue weighted by atomic mass is 10.1. The van der Waals surface area contributed by atoms with E-state index in [0.29, 0.717) is 24.1 Å². The highest BCUT2D eigenvalue weighted by molar-refractivity contribution is 7.47. The lowest BCUT2D eigenvalue weighted by molar-refractivity contribution is -0.870. The topological polar surface area (TPSA) is 91.3 Å². The van der Waals surface area contributed by atoms with Gasteiger partial charge in [0.25, 0.3) is 0 Å². The highest BCUT2D eigenvalue weighted by atomic mass is 31.2. The molecular formula is C43H77NO7P+. The van der Waals surface area contributed by atoms with Crippen LogP contribution in [0.15, 0.2) is 72.9 Å². The van der Waals surface area contributed by atoms with Gasteiger partial charge in [-0.05, 0) is 83.5 Å². The van der Waals surface area contributed by atoms with Crippen molar-refractivity contribution in [3.05, 3.63) is 72.9 Å². The third kappa shape index (κ3) is 39.2. The molecule has 0 fully saturated rings. The van der Waals surface area contributed by atoms with Crippen molar-refractivity contribution in [1.29, 1.82) is 0 Å². The largest absolute Gasteiger partial charge is 0.472 e. The fraction of sp³-hybridized carbons (Fsp3) is 0.698. The summed E-state index contributed by atoms with van der Waals surface area (Å²) in [4.78, 5) is 22.8. The number of hydrogen-bond donors (Lipinski definition) is 1. The maximum atomic E-state index is 12.6. The molecule has 0 aromatic rings. The Bertz CT molecular complexity index is 1060. The predicted molar refractivity (Wildman–Crippen MR) is 219 cm³/mol. The van der Waals surface area contributed by atoms with E-state index in [0.717, 1.165) is 83.5 Å². The molecule has 0 aliphatic rings. The van der Waals surface area contributed by atoms with Crippen LogP contribution in [0.2, 0.25) is 0 Å². The van der Waals surface area contributed by atoms with Crippen LogP contribution in [-0.2, 0) is 27.9 Å². The van der Waals surface area contributed by atoms with Gasteiger partial charge in [0, 0.05) is 13.0 Å². The minimum Gasteiger partial charge on any atom is -0.457 e. The number of esters is 1. The highest BCUT2D eigenvalue weighted by Gasteiger charge is 2.26. The number of unbranched alkanes of at least 4 members (excludes halogenated alkanes) is 10. The number of allylic oxidation sites excluding steroid dienone is 12. The Morgan fingerprint density at radius 3 is 1.69 bits per heavy atom. The lowest BCUT2D eigenvalue weighted by Crippen LogP contribution is -2.37. The first-order valence-corrected chi connectivity index (χ1v) is 21.7. The number of rotatable bonds is 36. The van der Waals surface area contributed by atoms with E-state index in [-0.39, 0.29) is 25.8 Å². The van der Waals surface area contributed by atoms with Crippen LogP contribution in [0.5, 0.6) is 0 Å². The molecule has 300 valence electrons. The normalized spacial score (nSPS) is 14.7. The third-order valence-corrected chi connectivity index (χ3v) is 8.99. The quantitative estimate of drug-likeness (QED) is 0.0224. The Morgan fingerprint density at radius 1 is 0.615 bits per heavy atom. The van der Waals surface area contributed by atoms with E-state index in [1.807, 2.05) is 21.1 Å². The fourth-order valence-electron chi connectivity index (χ4n) is 4.87. The molecule has 2 atom stereocenters. The second-order valence-corrected chi connectivity index (χ2v) is 15.7. The summed E-state index contributed by atoms with van der Waals surface area (Å²) in [5.41, 5.74) is 0. The molecule has 0 bridgehead atoms. The molecule has 0 rings (SSSR count). The van der Waals surface area contributed by atoms with Crippen LogP contribution in [0.3, 0.4) is 0 Å². The first-order valence-electron chi connectivity index (χ1n) is 20.2. The monoisotopic (exact) mass is 751 g/mol. The summed E-state index contributed by atoms with van der Waals surface area (Å²) in [6.45, 7) is 5.33. The molecule has 0 spiro atoms. The van der Waals surface area contributed by atoms with Gasteiger partial charge < -0.3 is 18.9 Å². The van der Waals surface area contributed by atoms with Crippen molar-refractivity contribution in [2.24, 2.45) is 0 Å². The maximum Gasteiger partial charge on any atom is 0.472 e. The molecule has 2 unspecified atom stereocenters. The summed E-state index contributed by atoms with van der Waals surface area (Å²) in [6.07, 6.45) is 45.1. The average molecular weight is 751 g/mol. The van der Waals surface area contributed by atoms with E-state index in [4.69, 9.17) is 18.5 Å². The number of carbonyl (C=O) groups excluding carboxylic acids is 1. The van der Waals surface area contributed by atoms with E-state index in [1.54, 1.807) is 0 Å². The minimum atomic E-state index is -4.29. The molecule has 0 heterocycles. The molecular weight excluding hydrogens is 673 g/mol. The smallest absolute Gasteiger partial charge is 0.457 e. The number of likely N-dealkylation sites (N-methyl/N-ethyl adjacent to an activating group) is 1. The van der Waals surface area contributed by atoms with Gasteiger partial charge in [0.1, 0.15) is 19.3 Å². The summed E-state index contributed by atoms with van der Waals surface area (Å²) in [5.74, 6) is -0.343. The van der Waals surface area contributed by atoms with Crippen molar-refractivity contribution < 1.29 is 37.3 Å². The molecule has 8 nitrogen and oxygen atoms in total. The van der Waals surface area contributed by atoms with Gasteiger partial charge in [-0.2, -0.15) is 0 Å². The zero-order valence-electron chi connectivity index (χ0n) is 33.8.